The number of piperidine rings is 2. The fourth-order valence-corrected chi connectivity index (χ4v) is 4.84. The molecule has 3 N–H and O–H groups in total. The number of nitrogens with one attached hydrogen (secondary N) is 3. The van der Waals surface area contributed by atoms with E-state index in [2.05, 4.69) is 27.0 Å². The van der Waals surface area contributed by atoms with E-state index in [1.807, 2.05) is 30.5 Å². The molecule has 5 rings (SSSR count). The molecule has 0 spiro atoms. The van der Waals surface area contributed by atoms with E-state index in [1.54, 1.807) is 4.90 Å². The average Bonchev–Trinajstić information content (AvgIpc) is 3.14. The highest BCUT2D eigenvalue weighted by Crippen LogP contribution is 2.29. The summed E-state index contributed by atoms with van der Waals surface area (Å²) in [5, 5.41) is 9.20. The minimum absolute atomic E-state index is 0.144. The summed E-state index contributed by atoms with van der Waals surface area (Å²) in [4.78, 5) is 42.6. The second-order valence-corrected chi connectivity index (χ2v) is 8.74. The van der Waals surface area contributed by atoms with Crippen molar-refractivity contribution >= 4 is 23.4 Å². The summed E-state index contributed by atoms with van der Waals surface area (Å²) in [6.45, 7) is 3.10. The maximum Gasteiger partial charge on any atom is 0.255 e. The van der Waals surface area contributed by atoms with Gasteiger partial charge in [-0.1, -0.05) is 12.1 Å². The molecule has 4 heterocycles. The number of anilines is 1. The normalized spacial score (nSPS) is 21.4. The largest absolute Gasteiger partial charge is 0.381 e. The molecule has 8 nitrogen and oxygen atoms in total. The molecule has 2 fully saturated rings. The third-order valence-corrected chi connectivity index (χ3v) is 6.62. The Morgan fingerprint density at radius 2 is 1.91 bits per heavy atom. The van der Waals surface area contributed by atoms with Gasteiger partial charge in [-0.25, -0.2) is 0 Å². The third kappa shape index (κ3) is 4.10. The Hall–Kier alpha value is -3.26. The fourth-order valence-electron chi connectivity index (χ4n) is 4.84. The second kappa shape index (κ2) is 8.70. The van der Waals surface area contributed by atoms with Crippen LogP contribution in [-0.2, 0) is 22.7 Å². The van der Waals surface area contributed by atoms with Crippen LogP contribution in [0.5, 0.6) is 0 Å². The van der Waals surface area contributed by atoms with Gasteiger partial charge in [0.05, 0.1) is 0 Å². The van der Waals surface area contributed by atoms with Crippen LogP contribution >= 0.6 is 0 Å². The number of imide groups is 1. The number of pyridine rings is 1. The first-order valence-corrected chi connectivity index (χ1v) is 11.3. The van der Waals surface area contributed by atoms with Crippen molar-refractivity contribution in [2.75, 3.05) is 18.4 Å². The minimum Gasteiger partial charge on any atom is -0.381 e. The maximum absolute atomic E-state index is 12.8. The van der Waals surface area contributed by atoms with E-state index in [9.17, 15) is 14.4 Å². The van der Waals surface area contributed by atoms with Crippen LogP contribution in [0.25, 0.3) is 0 Å². The van der Waals surface area contributed by atoms with Crippen molar-refractivity contribution in [3.8, 4) is 0 Å². The van der Waals surface area contributed by atoms with Gasteiger partial charge in [0.2, 0.25) is 11.8 Å². The lowest BCUT2D eigenvalue weighted by Gasteiger charge is -2.29. The predicted molar refractivity (Wildman–Crippen MR) is 119 cm³/mol. The van der Waals surface area contributed by atoms with Crippen LogP contribution in [0.1, 0.15) is 58.8 Å². The topological polar surface area (TPSA) is 103 Å². The molecule has 32 heavy (non-hydrogen) atoms. The van der Waals surface area contributed by atoms with Gasteiger partial charge in [0.25, 0.3) is 5.91 Å². The van der Waals surface area contributed by atoms with Crippen molar-refractivity contribution < 1.29 is 14.4 Å². The zero-order valence-electron chi connectivity index (χ0n) is 17.9. The lowest BCUT2D eigenvalue weighted by atomic mass is 9.94. The molecule has 1 atom stereocenters. The van der Waals surface area contributed by atoms with E-state index < -0.39 is 6.04 Å². The predicted octanol–water partition coefficient (Wildman–Crippen LogP) is 1.92. The molecule has 1 aromatic carbocycles. The van der Waals surface area contributed by atoms with Crippen LogP contribution in [0.15, 0.2) is 36.5 Å². The molecular weight excluding hydrogens is 406 g/mol. The molecule has 8 heteroatoms. The summed E-state index contributed by atoms with van der Waals surface area (Å²) in [6, 6.07) is 9.35. The van der Waals surface area contributed by atoms with E-state index >= 15 is 0 Å². The van der Waals surface area contributed by atoms with Crippen molar-refractivity contribution in [1.82, 2.24) is 20.5 Å². The fraction of sp³-hybridized carbons (Fsp3) is 0.417. The highest BCUT2D eigenvalue weighted by Gasteiger charge is 2.39. The number of hydrogen-bond acceptors (Lipinski definition) is 6. The van der Waals surface area contributed by atoms with E-state index in [4.69, 9.17) is 0 Å². The summed E-state index contributed by atoms with van der Waals surface area (Å²) < 4.78 is 0. The number of amides is 3. The van der Waals surface area contributed by atoms with Crippen LogP contribution in [0.2, 0.25) is 0 Å². The number of carbonyl (C=O) groups is 3. The molecule has 166 valence electrons. The Morgan fingerprint density at radius 1 is 1.06 bits per heavy atom. The van der Waals surface area contributed by atoms with Gasteiger partial charge in [0, 0.05) is 48.6 Å². The van der Waals surface area contributed by atoms with Gasteiger partial charge < -0.3 is 15.5 Å². The summed E-state index contributed by atoms with van der Waals surface area (Å²) in [5.41, 5.74) is 4.80. The summed E-state index contributed by atoms with van der Waals surface area (Å²) in [7, 11) is 0. The van der Waals surface area contributed by atoms with Crippen molar-refractivity contribution in [2.24, 2.45) is 0 Å². The molecule has 0 bridgehead atoms. The molecule has 1 unspecified atom stereocenters. The monoisotopic (exact) mass is 433 g/mol. The van der Waals surface area contributed by atoms with Crippen LogP contribution in [0, 0.1) is 0 Å². The van der Waals surface area contributed by atoms with E-state index in [0.29, 0.717) is 31.0 Å². The van der Waals surface area contributed by atoms with Gasteiger partial charge >= 0.3 is 0 Å². The Morgan fingerprint density at radius 3 is 2.72 bits per heavy atom. The van der Waals surface area contributed by atoms with Gasteiger partial charge in [-0.15, -0.1) is 0 Å². The van der Waals surface area contributed by atoms with Gasteiger partial charge in [0.15, 0.2) is 0 Å². The number of fused-ring (bicyclic) bond motifs is 1. The first kappa shape index (κ1) is 20.6. The molecule has 0 radical (unpaired) electrons. The number of benzene rings is 1. The molecule has 3 aliphatic rings. The third-order valence-electron chi connectivity index (χ3n) is 6.62. The lowest BCUT2D eigenvalue weighted by Crippen LogP contribution is -2.52. The van der Waals surface area contributed by atoms with Gasteiger partial charge in [0.1, 0.15) is 6.04 Å². The van der Waals surface area contributed by atoms with Gasteiger partial charge in [-0.3, -0.25) is 24.7 Å². The summed E-state index contributed by atoms with van der Waals surface area (Å²) >= 11 is 0. The number of rotatable bonds is 5. The smallest absolute Gasteiger partial charge is 0.255 e. The van der Waals surface area contributed by atoms with Crippen molar-refractivity contribution in [2.45, 2.75) is 50.7 Å². The first-order chi connectivity index (χ1) is 15.6. The van der Waals surface area contributed by atoms with Crippen molar-refractivity contribution in [3.05, 3.63) is 58.9 Å². The van der Waals surface area contributed by atoms with Crippen LogP contribution in [0.4, 0.5) is 5.69 Å². The molecule has 3 aliphatic heterocycles. The van der Waals surface area contributed by atoms with E-state index in [1.165, 1.54) is 0 Å². The SMILES string of the molecule is O=C1CCC(N2Cc3cc(CNc4ccnc(C5CCNCC5)c4)ccc3C2=O)C(=O)N1. The Kier molecular flexibility index (Phi) is 5.61. The first-order valence-electron chi connectivity index (χ1n) is 11.3. The van der Waals surface area contributed by atoms with Gasteiger partial charge in [-0.2, -0.15) is 0 Å². The molecular formula is C24H27N5O3. The lowest BCUT2D eigenvalue weighted by molar-refractivity contribution is -0.136. The zero-order chi connectivity index (χ0) is 22.1. The van der Waals surface area contributed by atoms with Crippen molar-refractivity contribution in [1.29, 1.82) is 0 Å². The average molecular weight is 434 g/mol. The number of nitrogens with zero attached hydrogens (tertiary/aromatic N) is 2. The number of aromatic nitrogens is 1. The van der Waals surface area contributed by atoms with Crippen LogP contribution < -0.4 is 16.0 Å². The zero-order valence-corrected chi connectivity index (χ0v) is 17.9. The van der Waals surface area contributed by atoms with Gasteiger partial charge in [-0.05, 0) is 61.7 Å². The number of carbonyl (C=O) groups excluding carboxylic acids is 3. The summed E-state index contributed by atoms with van der Waals surface area (Å²) in [6.07, 6.45) is 4.72. The Bertz CT molecular complexity index is 1060. The van der Waals surface area contributed by atoms with Crippen molar-refractivity contribution in [3.63, 3.8) is 0 Å². The molecule has 2 saturated heterocycles. The highest BCUT2D eigenvalue weighted by molar-refractivity contribution is 6.05. The van der Waals surface area contributed by atoms with E-state index in [-0.39, 0.29) is 24.1 Å². The quantitative estimate of drug-likeness (QED) is 0.623. The summed E-state index contributed by atoms with van der Waals surface area (Å²) in [5.74, 6) is -0.299. The minimum atomic E-state index is -0.584. The molecule has 0 saturated carbocycles. The molecule has 2 aromatic rings. The molecule has 3 amide bonds. The molecule has 1 aromatic heterocycles. The maximum atomic E-state index is 12.8. The van der Waals surface area contributed by atoms with Crippen LogP contribution in [-0.4, -0.2) is 46.7 Å². The Balaban J connectivity index is 1.25. The van der Waals surface area contributed by atoms with E-state index in [0.717, 1.165) is 48.4 Å². The van der Waals surface area contributed by atoms with Crippen LogP contribution in [0.3, 0.4) is 0 Å². The molecule has 0 aliphatic carbocycles. The standard InChI is InChI=1S/C24H27N5O3/c30-22-4-3-21(23(31)28-22)29-14-17-11-15(1-2-19(17)24(29)32)13-27-18-7-10-26-20(12-18)16-5-8-25-9-6-16/h1-2,7,10-12,16,21,25H,3-6,8-9,13-14H2,(H,26,27)(H,28,30,31). The number of hydrogen-bond donors (Lipinski definition) is 3. The second-order valence-electron chi connectivity index (χ2n) is 8.74. The Labute approximate surface area is 186 Å². The highest BCUT2D eigenvalue weighted by atomic mass is 16.2.